The van der Waals surface area contributed by atoms with Gasteiger partial charge in [-0.25, -0.2) is 4.39 Å². The summed E-state index contributed by atoms with van der Waals surface area (Å²) in [4.78, 5) is 1.91. The van der Waals surface area contributed by atoms with Crippen LogP contribution in [0, 0.1) is 5.82 Å². The van der Waals surface area contributed by atoms with Gasteiger partial charge in [-0.3, -0.25) is 4.74 Å². The minimum absolute atomic E-state index is 0.178. The predicted octanol–water partition coefficient (Wildman–Crippen LogP) is 2.15. The fourth-order valence-corrected chi connectivity index (χ4v) is 2.06. The van der Waals surface area contributed by atoms with Gasteiger partial charge in [0.15, 0.2) is 0 Å². The maximum atomic E-state index is 14.0. The van der Waals surface area contributed by atoms with E-state index in [4.69, 9.17) is 4.74 Å². The first-order valence-electron chi connectivity index (χ1n) is 6.54. The number of anilines is 1. The van der Waals surface area contributed by atoms with Crippen LogP contribution in [0.5, 0.6) is 5.75 Å². The van der Waals surface area contributed by atoms with Gasteiger partial charge in [-0.15, -0.1) is 13.2 Å². The molecule has 0 aromatic heterocycles. The molecule has 1 aromatic carbocycles. The Kier molecular flexibility index (Phi) is 5.24. The summed E-state index contributed by atoms with van der Waals surface area (Å²) in [5.41, 5.74) is 0.468. The van der Waals surface area contributed by atoms with Gasteiger partial charge in [0.05, 0.1) is 12.3 Å². The fraction of sp³-hybridized carbons (Fsp3) is 0.538. The first-order valence-corrected chi connectivity index (χ1v) is 6.54. The zero-order valence-electron chi connectivity index (χ0n) is 11.3. The van der Waals surface area contributed by atoms with Crippen molar-refractivity contribution in [3.05, 3.63) is 24.0 Å². The summed E-state index contributed by atoms with van der Waals surface area (Å²) < 4.78 is 57.8. The quantitative estimate of drug-likeness (QED) is 0.667. The topological polar surface area (TPSA) is 33.7 Å². The number of hydrogen-bond donors (Lipinski definition) is 1. The third-order valence-corrected chi connectivity index (χ3v) is 2.99. The normalized spacial score (nSPS) is 16.1. The minimum Gasteiger partial charge on any atom is -0.491 e. The Morgan fingerprint density at radius 2 is 1.86 bits per heavy atom. The van der Waals surface area contributed by atoms with Gasteiger partial charge in [-0.1, -0.05) is 0 Å². The number of ether oxygens (including phenoxy) is 2. The maximum Gasteiger partial charge on any atom is 0.522 e. The van der Waals surface area contributed by atoms with Crippen molar-refractivity contribution in [1.82, 2.24) is 5.32 Å². The molecule has 2 rings (SSSR count). The van der Waals surface area contributed by atoms with E-state index in [2.05, 4.69) is 10.1 Å². The van der Waals surface area contributed by atoms with Crippen LogP contribution in [-0.4, -0.2) is 45.8 Å². The lowest BCUT2D eigenvalue weighted by molar-refractivity contribution is -0.325. The molecule has 1 fully saturated rings. The second kappa shape index (κ2) is 6.95. The third-order valence-electron chi connectivity index (χ3n) is 2.99. The number of halogens is 4. The molecule has 0 spiro atoms. The van der Waals surface area contributed by atoms with Crippen molar-refractivity contribution in [2.45, 2.75) is 6.36 Å². The molecule has 1 saturated heterocycles. The molecule has 0 amide bonds. The average Bonchev–Trinajstić information content (AvgIpc) is 2.44. The zero-order valence-corrected chi connectivity index (χ0v) is 11.3. The molecule has 1 heterocycles. The molecule has 4 nitrogen and oxygen atoms in total. The Labute approximate surface area is 119 Å². The molecule has 118 valence electrons. The molecule has 1 aliphatic heterocycles. The SMILES string of the molecule is Fc1cc(OCCOC(F)(F)F)ccc1N1CCNCC1. The third kappa shape index (κ3) is 5.05. The van der Waals surface area contributed by atoms with Crippen molar-refractivity contribution in [2.75, 3.05) is 44.3 Å². The van der Waals surface area contributed by atoms with Gasteiger partial charge in [0.1, 0.15) is 18.2 Å². The second-order valence-corrected chi connectivity index (χ2v) is 4.49. The number of alkyl halides is 3. The van der Waals surface area contributed by atoms with Crippen LogP contribution in [0.3, 0.4) is 0 Å². The van der Waals surface area contributed by atoms with Crippen molar-refractivity contribution < 1.29 is 27.0 Å². The summed E-state index contributed by atoms with van der Waals surface area (Å²) in [6.07, 6.45) is -4.68. The van der Waals surface area contributed by atoms with Gasteiger partial charge in [-0.2, -0.15) is 0 Å². The molecule has 0 saturated carbocycles. The number of hydrogen-bond acceptors (Lipinski definition) is 4. The smallest absolute Gasteiger partial charge is 0.491 e. The number of benzene rings is 1. The summed E-state index contributed by atoms with van der Waals surface area (Å²) in [6.45, 7) is 2.04. The molecule has 1 aromatic rings. The molecule has 1 N–H and O–H groups in total. The predicted molar refractivity (Wildman–Crippen MR) is 69.0 cm³/mol. The van der Waals surface area contributed by atoms with E-state index in [9.17, 15) is 17.6 Å². The summed E-state index contributed by atoms with van der Waals surface area (Å²) >= 11 is 0. The molecule has 0 atom stereocenters. The Hall–Kier alpha value is -1.54. The van der Waals surface area contributed by atoms with Crippen LogP contribution in [0.25, 0.3) is 0 Å². The average molecular weight is 308 g/mol. The van der Waals surface area contributed by atoms with Crippen LogP contribution in [-0.2, 0) is 4.74 Å². The Bertz CT molecular complexity index is 462. The lowest BCUT2D eigenvalue weighted by atomic mass is 10.2. The van der Waals surface area contributed by atoms with Gasteiger partial charge in [0.2, 0.25) is 0 Å². The highest BCUT2D eigenvalue weighted by Crippen LogP contribution is 2.24. The molecule has 1 aliphatic rings. The summed E-state index contributed by atoms with van der Waals surface area (Å²) in [5, 5.41) is 3.17. The van der Waals surface area contributed by atoms with E-state index in [1.54, 1.807) is 6.07 Å². The van der Waals surface area contributed by atoms with E-state index in [1.165, 1.54) is 12.1 Å². The van der Waals surface area contributed by atoms with Crippen LogP contribution in [0.2, 0.25) is 0 Å². The van der Waals surface area contributed by atoms with Crippen LogP contribution < -0.4 is 15.0 Å². The molecule has 0 radical (unpaired) electrons. The highest BCUT2D eigenvalue weighted by molar-refractivity contribution is 5.51. The summed E-state index contributed by atoms with van der Waals surface area (Å²) in [7, 11) is 0. The zero-order chi connectivity index (χ0) is 15.3. The monoisotopic (exact) mass is 308 g/mol. The van der Waals surface area contributed by atoms with Crippen LogP contribution >= 0.6 is 0 Å². The largest absolute Gasteiger partial charge is 0.522 e. The molecule has 0 unspecified atom stereocenters. The highest BCUT2D eigenvalue weighted by atomic mass is 19.4. The number of nitrogens with one attached hydrogen (secondary N) is 1. The van der Waals surface area contributed by atoms with Gasteiger partial charge >= 0.3 is 6.36 Å². The van der Waals surface area contributed by atoms with E-state index < -0.39 is 18.8 Å². The van der Waals surface area contributed by atoms with Crippen LogP contribution in [0.1, 0.15) is 0 Å². The van der Waals surface area contributed by atoms with E-state index in [1.807, 2.05) is 4.90 Å². The van der Waals surface area contributed by atoms with Crippen LogP contribution in [0.4, 0.5) is 23.2 Å². The summed E-state index contributed by atoms with van der Waals surface area (Å²) in [6, 6.07) is 4.28. The van der Waals surface area contributed by atoms with E-state index in [0.717, 1.165) is 13.1 Å². The van der Waals surface area contributed by atoms with Gasteiger partial charge in [0.25, 0.3) is 0 Å². The fourth-order valence-electron chi connectivity index (χ4n) is 2.06. The first-order chi connectivity index (χ1) is 9.96. The van der Waals surface area contributed by atoms with Gasteiger partial charge in [-0.05, 0) is 12.1 Å². The summed E-state index contributed by atoms with van der Waals surface area (Å²) in [5.74, 6) is -0.275. The highest BCUT2D eigenvalue weighted by Gasteiger charge is 2.28. The van der Waals surface area contributed by atoms with Gasteiger partial charge in [0, 0.05) is 32.2 Å². The molecule has 21 heavy (non-hydrogen) atoms. The van der Waals surface area contributed by atoms with E-state index in [0.29, 0.717) is 18.8 Å². The van der Waals surface area contributed by atoms with Crippen molar-refractivity contribution in [3.63, 3.8) is 0 Å². The number of piperazine rings is 1. The Balaban J connectivity index is 1.86. The van der Waals surface area contributed by atoms with Crippen molar-refractivity contribution in [3.8, 4) is 5.75 Å². The number of rotatable bonds is 5. The van der Waals surface area contributed by atoms with Crippen molar-refractivity contribution in [2.24, 2.45) is 0 Å². The lowest BCUT2D eigenvalue weighted by Crippen LogP contribution is -2.43. The van der Waals surface area contributed by atoms with E-state index >= 15 is 0 Å². The minimum atomic E-state index is -4.68. The molecular formula is C13H16F4N2O2. The van der Waals surface area contributed by atoms with Gasteiger partial charge < -0.3 is 15.0 Å². The Morgan fingerprint density at radius 3 is 2.48 bits per heavy atom. The molecular weight excluding hydrogens is 292 g/mol. The molecule has 0 bridgehead atoms. The maximum absolute atomic E-state index is 14.0. The molecule has 8 heteroatoms. The van der Waals surface area contributed by atoms with E-state index in [-0.39, 0.29) is 12.4 Å². The molecule has 0 aliphatic carbocycles. The Morgan fingerprint density at radius 1 is 1.14 bits per heavy atom. The van der Waals surface area contributed by atoms with Crippen molar-refractivity contribution in [1.29, 1.82) is 0 Å². The standard InChI is InChI=1S/C13H16F4N2O2/c14-11-9-10(20-7-8-21-13(15,16)17)1-2-12(11)19-5-3-18-4-6-19/h1-2,9,18H,3-8H2. The second-order valence-electron chi connectivity index (χ2n) is 4.49. The number of nitrogens with zero attached hydrogens (tertiary/aromatic N) is 1. The van der Waals surface area contributed by atoms with Crippen LogP contribution in [0.15, 0.2) is 18.2 Å². The first kappa shape index (κ1) is 15.8. The lowest BCUT2D eigenvalue weighted by Gasteiger charge is -2.29. The van der Waals surface area contributed by atoms with Crippen molar-refractivity contribution >= 4 is 5.69 Å².